The van der Waals surface area contributed by atoms with Crippen LogP contribution in [-0.2, 0) is 0 Å². The first-order valence-corrected chi connectivity index (χ1v) is 8.55. The lowest BCUT2D eigenvalue weighted by molar-refractivity contribution is -0.184. The predicted octanol–water partition coefficient (Wildman–Crippen LogP) is 4.47. The Bertz CT molecular complexity index is 849. The maximum atomic E-state index is 13.0. The largest absolute Gasteiger partial charge is 0.478 e. The number of carbonyl (C=O) groups is 2. The number of piperidine rings is 1. The van der Waals surface area contributed by atoms with Crippen molar-refractivity contribution in [2.75, 3.05) is 13.1 Å². The molecule has 0 aliphatic carbocycles. The highest BCUT2D eigenvalue weighted by Gasteiger charge is 2.42. The van der Waals surface area contributed by atoms with Crippen molar-refractivity contribution in [3.63, 3.8) is 0 Å². The molecule has 27 heavy (non-hydrogen) atoms. The van der Waals surface area contributed by atoms with Crippen molar-refractivity contribution in [3.05, 3.63) is 59.7 Å². The van der Waals surface area contributed by atoms with Gasteiger partial charge in [-0.15, -0.1) is 0 Å². The molecule has 1 N–H and O–H groups in total. The van der Waals surface area contributed by atoms with Crippen LogP contribution in [-0.4, -0.2) is 41.1 Å². The van der Waals surface area contributed by atoms with Crippen LogP contribution in [0.2, 0.25) is 0 Å². The summed E-state index contributed by atoms with van der Waals surface area (Å²) in [5.74, 6) is -3.33. The molecule has 2 aromatic rings. The van der Waals surface area contributed by atoms with E-state index in [9.17, 15) is 27.9 Å². The van der Waals surface area contributed by atoms with E-state index in [0.717, 1.165) is 10.5 Å². The molecule has 142 valence electrons. The Morgan fingerprint density at radius 3 is 2.30 bits per heavy atom. The van der Waals surface area contributed by atoms with Crippen molar-refractivity contribution >= 4 is 11.9 Å². The van der Waals surface area contributed by atoms with Crippen LogP contribution in [0.4, 0.5) is 13.2 Å². The summed E-state index contributed by atoms with van der Waals surface area (Å²) in [6, 6.07) is 13.1. The van der Waals surface area contributed by atoms with E-state index in [1.807, 2.05) is 6.07 Å². The highest BCUT2D eigenvalue weighted by molar-refractivity contribution is 5.99. The van der Waals surface area contributed by atoms with Crippen molar-refractivity contribution < 1.29 is 27.9 Å². The molecule has 0 saturated carbocycles. The SMILES string of the molecule is O=C(O)c1cc(C(=O)N2CCCC(C(F)(F)F)C2)cc(-c2ccccc2)c1. The number of rotatable bonds is 3. The highest BCUT2D eigenvalue weighted by atomic mass is 19.4. The Morgan fingerprint density at radius 2 is 1.67 bits per heavy atom. The summed E-state index contributed by atoms with van der Waals surface area (Å²) >= 11 is 0. The van der Waals surface area contributed by atoms with Gasteiger partial charge in [-0.05, 0) is 42.2 Å². The third-order valence-electron chi connectivity index (χ3n) is 4.71. The van der Waals surface area contributed by atoms with E-state index in [1.54, 1.807) is 24.3 Å². The molecule has 1 aliphatic rings. The molecular weight excluding hydrogens is 359 g/mol. The van der Waals surface area contributed by atoms with Crippen LogP contribution in [0.25, 0.3) is 11.1 Å². The van der Waals surface area contributed by atoms with Crippen molar-refractivity contribution in [2.24, 2.45) is 5.92 Å². The summed E-state index contributed by atoms with van der Waals surface area (Å²) in [5, 5.41) is 9.35. The fourth-order valence-electron chi connectivity index (χ4n) is 3.28. The lowest BCUT2D eigenvalue weighted by Crippen LogP contribution is -2.44. The van der Waals surface area contributed by atoms with E-state index in [0.29, 0.717) is 5.56 Å². The maximum Gasteiger partial charge on any atom is 0.393 e. The molecule has 0 aromatic heterocycles. The van der Waals surface area contributed by atoms with Gasteiger partial charge in [-0.3, -0.25) is 4.79 Å². The van der Waals surface area contributed by atoms with Gasteiger partial charge in [0.25, 0.3) is 5.91 Å². The molecule has 2 aromatic carbocycles. The number of halogens is 3. The molecular formula is C20H18F3NO3. The van der Waals surface area contributed by atoms with Gasteiger partial charge in [-0.25, -0.2) is 4.79 Å². The van der Waals surface area contributed by atoms with Crippen LogP contribution in [0.3, 0.4) is 0 Å². The topological polar surface area (TPSA) is 57.6 Å². The average molecular weight is 377 g/mol. The van der Waals surface area contributed by atoms with E-state index >= 15 is 0 Å². The predicted molar refractivity (Wildman–Crippen MR) is 93.5 cm³/mol. The minimum absolute atomic E-state index is 0.00227. The third kappa shape index (κ3) is 4.30. The molecule has 1 heterocycles. The van der Waals surface area contributed by atoms with E-state index in [4.69, 9.17) is 0 Å². The second kappa shape index (κ2) is 7.42. The zero-order chi connectivity index (χ0) is 19.6. The van der Waals surface area contributed by atoms with Gasteiger partial charge in [0, 0.05) is 18.7 Å². The number of aromatic carboxylic acids is 1. The number of carbonyl (C=O) groups excluding carboxylic acids is 1. The molecule has 1 unspecified atom stereocenters. The quantitative estimate of drug-likeness (QED) is 0.859. The molecule has 4 nitrogen and oxygen atoms in total. The van der Waals surface area contributed by atoms with Gasteiger partial charge in [0.2, 0.25) is 0 Å². The van der Waals surface area contributed by atoms with Crippen LogP contribution in [0, 0.1) is 5.92 Å². The molecule has 0 bridgehead atoms. The molecule has 1 amide bonds. The fraction of sp³-hybridized carbons (Fsp3) is 0.300. The number of alkyl halides is 3. The second-order valence-corrected chi connectivity index (χ2v) is 6.60. The lowest BCUT2D eigenvalue weighted by atomic mass is 9.95. The van der Waals surface area contributed by atoms with Crippen LogP contribution in [0.1, 0.15) is 33.6 Å². The summed E-state index contributed by atoms with van der Waals surface area (Å²) in [6.45, 7) is -0.177. The number of carboxylic acid groups (broad SMARTS) is 1. The Kier molecular flexibility index (Phi) is 5.21. The van der Waals surface area contributed by atoms with Crippen LogP contribution < -0.4 is 0 Å². The highest BCUT2D eigenvalue weighted by Crippen LogP contribution is 2.34. The minimum atomic E-state index is -4.35. The first-order valence-electron chi connectivity index (χ1n) is 8.55. The molecule has 1 fully saturated rings. The van der Waals surface area contributed by atoms with Crippen LogP contribution in [0.15, 0.2) is 48.5 Å². The van der Waals surface area contributed by atoms with Crippen molar-refractivity contribution in [1.82, 2.24) is 4.90 Å². The number of hydrogen-bond donors (Lipinski definition) is 1. The standard InChI is InChI=1S/C20H18F3NO3/c21-20(22,23)17-7-4-8-24(12-17)18(25)15-9-14(10-16(11-15)19(26)27)13-5-2-1-3-6-13/h1-3,5-6,9-11,17H,4,7-8,12H2,(H,26,27). The van der Waals surface area contributed by atoms with Gasteiger partial charge in [0.1, 0.15) is 0 Å². The lowest BCUT2D eigenvalue weighted by Gasteiger charge is -2.33. The van der Waals surface area contributed by atoms with Gasteiger partial charge in [0.15, 0.2) is 0 Å². The summed E-state index contributed by atoms with van der Waals surface area (Å²) < 4.78 is 39.1. The van der Waals surface area contributed by atoms with Gasteiger partial charge >= 0.3 is 12.1 Å². The number of carboxylic acids is 1. The van der Waals surface area contributed by atoms with E-state index < -0.39 is 30.5 Å². The van der Waals surface area contributed by atoms with Crippen molar-refractivity contribution in [2.45, 2.75) is 19.0 Å². The second-order valence-electron chi connectivity index (χ2n) is 6.60. The van der Waals surface area contributed by atoms with Crippen LogP contribution in [0.5, 0.6) is 0 Å². The van der Waals surface area contributed by atoms with Gasteiger partial charge in [-0.1, -0.05) is 30.3 Å². The minimum Gasteiger partial charge on any atom is -0.478 e. The molecule has 1 saturated heterocycles. The normalized spacial score (nSPS) is 17.6. The van der Waals surface area contributed by atoms with Gasteiger partial charge in [0.05, 0.1) is 11.5 Å². The first-order chi connectivity index (χ1) is 12.8. The smallest absolute Gasteiger partial charge is 0.393 e. The monoisotopic (exact) mass is 377 g/mol. The Morgan fingerprint density at radius 1 is 1.00 bits per heavy atom. The maximum absolute atomic E-state index is 13.0. The number of likely N-dealkylation sites (tertiary alicyclic amines) is 1. The summed E-state index contributed by atoms with van der Waals surface area (Å²) in [7, 11) is 0. The fourth-order valence-corrected chi connectivity index (χ4v) is 3.28. The number of nitrogens with zero attached hydrogens (tertiary/aromatic N) is 1. The van der Waals surface area contributed by atoms with Crippen LogP contribution >= 0.6 is 0 Å². The van der Waals surface area contributed by atoms with Gasteiger partial charge < -0.3 is 10.0 Å². The molecule has 3 rings (SSSR count). The zero-order valence-corrected chi connectivity index (χ0v) is 14.4. The molecule has 1 atom stereocenters. The third-order valence-corrected chi connectivity index (χ3v) is 4.71. The Hall–Kier alpha value is -2.83. The zero-order valence-electron chi connectivity index (χ0n) is 14.4. The van der Waals surface area contributed by atoms with E-state index in [2.05, 4.69) is 0 Å². The number of benzene rings is 2. The number of amides is 1. The molecule has 7 heteroatoms. The number of hydrogen-bond acceptors (Lipinski definition) is 2. The van der Waals surface area contributed by atoms with Crippen molar-refractivity contribution in [1.29, 1.82) is 0 Å². The molecule has 1 aliphatic heterocycles. The van der Waals surface area contributed by atoms with E-state index in [1.165, 1.54) is 18.2 Å². The van der Waals surface area contributed by atoms with Gasteiger partial charge in [-0.2, -0.15) is 13.2 Å². The Balaban J connectivity index is 1.94. The summed E-state index contributed by atoms with van der Waals surface area (Å²) in [6.07, 6.45) is -4.09. The Labute approximate surface area is 154 Å². The summed E-state index contributed by atoms with van der Waals surface area (Å²) in [4.78, 5) is 25.4. The molecule has 0 spiro atoms. The summed E-state index contributed by atoms with van der Waals surface area (Å²) in [5.41, 5.74) is 1.25. The average Bonchev–Trinajstić information content (AvgIpc) is 2.67. The first kappa shape index (κ1) is 18.9. The molecule has 0 radical (unpaired) electrons. The van der Waals surface area contributed by atoms with Crippen molar-refractivity contribution in [3.8, 4) is 11.1 Å². The van der Waals surface area contributed by atoms with E-state index in [-0.39, 0.29) is 30.5 Å².